The molecular weight excluding hydrogens is 350 g/mol. The maximum absolute atomic E-state index is 9.32. The van der Waals surface area contributed by atoms with Crippen LogP contribution in [0.15, 0.2) is 48.5 Å². The van der Waals surface area contributed by atoms with Crippen molar-refractivity contribution in [2.24, 2.45) is 5.92 Å². The summed E-state index contributed by atoms with van der Waals surface area (Å²) in [5, 5.41) is 12.9. The number of para-hydroxylation sites is 2. The number of methoxy groups -OCH3 is 1. The van der Waals surface area contributed by atoms with Crippen LogP contribution in [0.1, 0.15) is 43.2 Å². The Morgan fingerprint density at radius 3 is 2.50 bits per heavy atom. The SMILES string of the molecule is COC(CCCCO)(c1ccccc1Oc1ccccc1C)[C@@H]1CCCNC1. The van der Waals surface area contributed by atoms with Crippen molar-refractivity contribution in [3.63, 3.8) is 0 Å². The van der Waals surface area contributed by atoms with E-state index in [4.69, 9.17) is 9.47 Å². The third-order valence-corrected chi connectivity index (χ3v) is 5.93. The van der Waals surface area contributed by atoms with Crippen molar-refractivity contribution in [3.05, 3.63) is 59.7 Å². The van der Waals surface area contributed by atoms with Gasteiger partial charge in [0, 0.05) is 31.7 Å². The Balaban J connectivity index is 2.00. The van der Waals surface area contributed by atoms with E-state index < -0.39 is 5.60 Å². The summed E-state index contributed by atoms with van der Waals surface area (Å²) < 4.78 is 12.7. The average molecular weight is 384 g/mol. The van der Waals surface area contributed by atoms with Gasteiger partial charge in [0.25, 0.3) is 0 Å². The minimum Gasteiger partial charge on any atom is -0.457 e. The number of nitrogens with one attached hydrogen (secondary N) is 1. The number of hydrogen-bond acceptors (Lipinski definition) is 4. The fourth-order valence-corrected chi connectivity index (χ4v) is 4.38. The number of rotatable bonds is 9. The van der Waals surface area contributed by atoms with Gasteiger partial charge < -0.3 is 19.9 Å². The molecule has 1 heterocycles. The summed E-state index contributed by atoms with van der Waals surface area (Å²) in [7, 11) is 1.82. The minimum absolute atomic E-state index is 0.212. The molecule has 0 spiro atoms. The molecule has 28 heavy (non-hydrogen) atoms. The zero-order chi connectivity index (χ0) is 19.8. The van der Waals surface area contributed by atoms with Crippen LogP contribution in [0.2, 0.25) is 0 Å². The highest BCUT2D eigenvalue weighted by Crippen LogP contribution is 2.46. The van der Waals surface area contributed by atoms with Crippen molar-refractivity contribution in [1.82, 2.24) is 5.32 Å². The topological polar surface area (TPSA) is 50.7 Å². The van der Waals surface area contributed by atoms with Crippen LogP contribution in [0.4, 0.5) is 0 Å². The van der Waals surface area contributed by atoms with Gasteiger partial charge in [0.1, 0.15) is 17.1 Å². The quantitative estimate of drug-likeness (QED) is 0.611. The molecule has 152 valence electrons. The van der Waals surface area contributed by atoms with E-state index in [9.17, 15) is 5.11 Å². The van der Waals surface area contributed by atoms with Crippen LogP contribution < -0.4 is 10.1 Å². The molecule has 0 aliphatic carbocycles. The molecule has 1 aliphatic rings. The van der Waals surface area contributed by atoms with Crippen molar-refractivity contribution < 1.29 is 14.6 Å². The zero-order valence-electron chi connectivity index (χ0n) is 17.1. The molecule has 1 saturated heterocycles. The lowest BCUT2D eigenvalue weighted by molar-refractivity contribution is -0.0808. The van der Waals surface area contributed by atoms with Crippen LogP contribution in [-0.4, -0.2) is 31.9 Å². The first-order valence-corrected chi connectivity index (χ1v) is 10.4. The Morgan fingerprint density at radius 1 is 1.07 bits per heavy atom. The van der Waals surface area contributed by atoms with E-state index in [-0.39, 0.29) is 6.61 Å². The summed E-state index contributed by atoms with van der Waals surface area (Å²) in [6.45, 7) is 4.28. The molecule has 0 aromatic heterocycles. The molecule has 3 rings (SSSR count). The molecule has 1 fully saturated rings. The Kier molecular flexibility index (Phi) is 7.49. The lowest BCUT2D eigenvalue weighted by atomic mass is 9.74. The van der Waals surface area contributed by atoms with E-state index in [1.165, 1.54) is 0 Å². The van der Waals surface area contributed by atoms with Gasteiger partial charge in [-0.05, 0) is 63.3 Å². The number of aliphatic hydroxyl groups is 1. The maximum atomic E-state index is 9.32. The van der Waals surface area contributed by atoms with Crippen LogP contribution >= 0.6 is 0 Å². The Morgan fingerprint density at radius 2 is 1.82 bits per heavy atom. The van der Waals surface area contributed by atoms with Gasteiger partial charge in [-0.3, -0.25) is 0 Å². The van der Waals surface area contributed by atoms with Crippen LogP contribution in [-0.2, 0) is 10.3 Å². The van der Waals surface area contributed by atoms with Gasteiger partial charge in [0.05, 0.1) is 0 Å². The molecule has 2 aromatic rings. The van der Waals surface area contributed by atoms with E-state index in [2.05, 4.69) is 30.4 Å². The van der Waals surface area contributed by atoms with E-state index in [1.54, 1.807) is 0 Å². The number of benzene rings is 2. The largest absolute Gasteiger partial charge is 0.457 e. The highest BCUT2D eigenvalue weighted by atomic mass is 16.5. The Labute approximate surface area is 168 Å². The molecule has 0 bridgehead atoms. The lowest BCUT2D eigenvalue weighted by Crippen LogP contribution is -2.45. The zero-order valence-corrected chi connectivity index (χ0v) is 17.1. The van der Waals surface area contributed by atoms with E-state index >= 15 is 0 Å². The predicted octanol–water partition coefficient (Wildman–Crippen LogP) is 4.79. The normalized spacial score (nSPS) is 19.2. The van der Waals surface area contributed by atoms with Crippen molar-refractivity contribution in [2.45, 2.75) is 44.6 Å². The summed E-state index contributed by atoms with van der Waals surface area (Å²) in [4.78, 5) is 0. The molecule has 1 unspecified atom stereocenters. The molecule has 4 nitrogen and oxygen atoms in total. The summed E-state index contributed by atoms with van der Waals surface area (Å²) in [5.74, 6) is 2.09. The summed E-state index contributed by atoms with van der Waals surface area (Å²) in [6, 6.07) is 16.4. The fraction of sp³-hybridized carbons (Fsp3) is 0.500. The highest BCUT2D eigenvalue weighted by molar-refractivity contribution is 5.44. The molecule has 0 amide bonds. The second kappa shape index (κ2) is 10.1. The third kappa shape index (κ3) is 4.57. The van der Waals surface area contributed by atoms with Gasteiger partial charge in [0.2, 0.25) is 0 Å². The van der Waals surface area contributed by atoms with Gasteiger partial charge in [-0.15, -0.1) is 0 Å². The van der Waals surface area contributed by atoms with Crippen molar-refractivity contribution in [3.8, 4) is 11.5 Å². The van der Waals surface area contributed by atoms with Crippen molar-refractivity contribution in [1.29, 1.82) is 0 Å². The van der Waals surface area contributed by atoms with Crippen molar-refractivity contribution >= 4 is 0 Å². The lowest BCUT2D eigenvalue weighted by Gasteiger charge is -2.43. The van der Waals surface area contributed by atoms with Crippen LogP contribution in [0.25, 0.3) is 0 Å². The van der Waals surface area contributed by atoms with Crippen molar-refractivity contribution in [2.75, 3.05) is 26.8 Å². The first kappa shape index (κ1) is 20.8. The standard InChI is InChI=1S/C24H33NO3/c1-19-10-3-5-13-22(19)28-23-14-6-4-12-21(23)24(27-2,15-7-8-17-26)20-11-9-16-25-18-20/h3-6,10,12-14,20,25-26H,7-9,11,15-18H2,1-2H3/t20-,24?/m1/s1. The summed E-state index contributed by atoms with van der Waals surface area (Å²) in [6.07, 6.45) is 4.84. The molecule has 2 N–H and O–H groups in total. The minimum atomic E-state index is -0.429. The fourth-order valence-electron chi connectivity index (χ4n) is 4.38. The van der Waals surface area contributed by atoms with E-state index in [1.807, 2.05) is 37.4 Å². The number of aryl methyl sites for hydroxylation is 1. The predicted molar refractivity (Wildman–Crippen MR) is 113 cm³/mol. The van der Waals surface area contributed by atoms with Gasteiger partial charge in [0.15, 0.2) is 0 Å². The molecule has 1 aliphatic heterocycles. The second-order valence-corrected chi connectivity index (χ2v) is 7.68. The van der Waals surface area contributed by atoms with Crippen LogP contribution in [0.3, 0.4) is 0 Å². The van der Waals surface area contributed by atoms with Gasteiger partial charge >= 0.3 is 0 Å². The van der Waals surface area contributed by atoms with Gasteiger partial charge in [-0.2, -0.15) is 0 Å². The molecule has 2 aromatic carbocycles. The second-order valence-electron chi connectivity index (χ2n) is 7.68. The Hall–Kier alpha value is -1.88. The smallest absolute Gasteiger partial charge is 0.133 e. The van der Waals surface area contributed by atoms with Crippen LogP contribution in [0.5, 0.6) is 11.5 Å². The first-order chi connectivity index (χ1) is 13.7. The van der Waals surface area contributed by atoms with E-state index in [0.29, 0.717) is 5.92 Å². The number of hydrogen-bond donors (Lipinski definition) is 2. The average Bonchev–Trinajstić information content (AvgIpc) is 2.74. The number of ether oxygens (including phenoxy) is 2. The molecule has 4 heteroatoms. The third-order valence-electron chi connectivity index (χ3n) is 5.93. The van der Waals surface area contributed by atoms with Gasteiger partial charge in [-0.25, -0.2) is 0 Å². The molecule has 2 atom stereocenters. The number of piperidine rings is 1. The maximum Gasteiger partial charge on any atom is 0.133 e. The molecule has 0 radical (unpaired) electrons. The van der Waals surface area contributed by atoms with Crippen LogP contribution in [0, 0.1) is 12.8 Å². The summed E-state index contributed by atoms with van der Waals surface area (Å²) in [5.41, 5.74) is 1.79. The first-order valence-electron chi connectivity index (χ1n) is 10.4. The number of unbranched alkanes of at least 4 members (excludes halogenated alkanes) is 1. The number of aliphatic hydroxyl groups excluding tert-OH is 1. The van der Waals surface area contributed by atoms with Gasteiger partial charge in [-0.1, -0.05) is 36.4 Å². The molecular formula is C24H33NO3. The van der Waals surface area contributed by atoms with E-state index in [0.717, 1.165) is 67.8 Å². The monoisotopic (exact) mass is 383 g/mol. The Bertz CT molecular complexity index is 742. The molecule has 0 saturated carbocycles. The summed E-state index contributed by atoms with van der Waals surface area (Å²) >= 11 is 0. The highest BCUT2D eigenvalue weighted by Gasteiger charge is 2.42.